The van der Waals surface area contributed by atoms with E-state index in [0.29, 0.717) is 0 Å². The second-order valence-corrected chi connectivity index (χ2v) is 4.79. The van der Waals surface area contributed by atoms with Crippen LogP contribution in [0.5, 0.6) is 0 Å². The topological polar surface area (TPSA) is 24.1 Å². The SMILES string of the molecule is CCCNCCCNCc1c(Cl)cccc1Cl. The van der Waals surface area contributed by atoms with Crippen LogP contribution in [-0.2, 0) is 6.54 Å². The van der Waals surface area contributed by atoms with E-state index in [4.69, 9.17) is 23.2 Å². The number of halogens is 2. The molecule has 0 unspecified atom stereocenters. The zero-order valence-corrected chi connectivity index (χ0v) is 11.7. The molecule has 0 aliphatic rings. The highest BCUT2D eigenvalue weighted by molar-refractivity contribution is 6.35. The Kier molecular flexibility index (Phi) is 7.62. The third-order valence-corrected chi connectivity index (χ3v) is 3.21. The largest absolute Gasteiger partial charge is 0.317 e. The molecule has 0 fully saturated rings. The van der Waals surface area contributed by atoms with E-state index in [-0.39, 0.29) is 0 Å². The lowest BCUT2D eigenvalue weighted by Crippen LogP contribution is -2.22. The van der Waals surface area contributed by atoms with Crippen molar-refractivity contribution < 1.29 is 0 Å². The van der Waals surface area contributed by atoms with E-state index in [2.05, 4.69) is 17.6 Å². The van der Waals surface area contributed by atoms with Crippen molar-refractivity contribution in [2.24, 2.45) is 0 Å². The molecule has 0 atom stereocenters. The monoisotopic (exact) mass is 274 g/mol. The Morgan fingerprint density at radius 3 is 2.29 bits per heavy atom. The molecule has 1 rings (SSSR count). The van der Waals surface area contributed by atoms with Gasteiger partial charge in [0.1, 0.15) is 0 Å². The summed E-state index contributed by atoms with van der Waals surface area (Å²) in [5.41, 5.74) is 0.984. The first-order chi connectivity index (χ1) is 8.25. The summed E-state index contributed by atoms with van der Waals surface area (Å²) in [4.78, 5) is 0. The van der Waals surface area contributed by atoms with Crippen LogP contribution in [0.15, 0.2) is 18.2 Å². The Hall–Kier alpha value is -0.280. The molecule has 0 heterocycles. The third kappa shape index (κ3) is 5.73. The molecule has 2 N–H and O–H groups in total. The van der Waals surface area contributed by atoms with Gasteiger partial charge in [-0.05, 0) is 44.6 Å². The first kappa shape index (κ1) is 14.8. The Balaban J connectivity index is 2.18. The van der Waals surface area contributed by atoms with Gasteiger partial charge in [-0.15, -0.1) is 0 Å². The molecule has 17 heavy (non-hydrogen) atoms. The molecule has 0 aliphatic heterocycles. The van der Waals surface area contributed by atoms with Crippen LogP contribution in [0.2, 0.25) is 10.0 Å². The summed E-state index contributed by atoms with van der Waals surface area (Å²) in [5.74, 6) is 0. The van der Waals surface area contributed by atoms with Gasteiger partial charge in [-0.25, -0.2) is 0 Å². The zero-order chi connectivity index (χ0) is 12.5. The van der Waals surface area contributed by atoms with Gasteiger partial charge in [-0.1, -0.05) is 36.2 Å². The van der Waals surface area contributed by atoms with Crippen molar-refractivity contribution in [2.75, 3.05) is 19.6 Å². The maximum atomic E-state index is 6.07. The highest BCUT2D eigenvalue weighted by atomic mass is 35.5. The minimum Gasteiger partial charge on any atom is -0.317 e. The Morgan fingerprint density at radius 1 is 1.00 bits per heavy atom. The summed E-state index contributed by atoms with van der Waals surface area (Å²) in [5, 5.41) is 8.18. The lowest BCUT2D eigenvalue weighted by atomic mass is 10.2. The Labute approximate surface area is 114 Å². The molecule has 0 bridgehead atoms. The molecule has 0 spiro atoms. The molecular formula is C13H20Cl2N2. The lowest BCUT2D eigenvalue weighted by molar-refractivity contribution is 0.592. The first-order valence-corrected chi connectivity index (χ1v) is 6.85. The number of nitrogens with one attached hydrogen (secondary N) is 2. The molecular weight excluding hydrogens is 255 g/mol. The van der Waals surface area contributed by atoms with Crippen molar-refractivity contribution in [1.29, 1.82) is 0 Å². The predicted molar refractivity (Wildman–Crippen MR) is 75.9 cm³/mol. The fraction of sp³-hybridized carbons (Fsp3) is 0.538. The molecule has 1 aromatic rings. The van der Waals surface area contributed by atoms with Crippen molar-refractivity contribution in [3.63, 3.8) is 0 Å². The van der Waals surface area contributed by atoms with Crippen LogP contribution >= 0.6 is 23.2 Å². The summed E-state index contributed by atoms with van der Waals surface area (Å²) in [6.07, 6.45) is 2.30. The summed E-state index contributed by atoms with van der Waals surface area (Å²) >= 11 is 12.1. The Morgan fingerprint density at radius 2 is 1.65 bits per heavy atom. The Bertz CT molecular complexity index is 309. The molecule has 0 radical (unpaired) electrons. The number of hydrogen-bond donors (Lipinski definition) is 2. The van der Waals surface area contributed by atoms with E-state index in [9.17, 15) is 0 Å². The van der Waals surface area contributed by atoms with Crippen molar-refractivity contribution in [3.8, 4) is 0 Å². The van der Waals surface area contributed by atoms with Crippen LogP contribution in [-0.4, -0.2) is 19.6 Å². The summed E-state index contributed by atoms with van der Waals surface area (Å²) in [6.45, 7) is 6.02. The molecule has 2 nitrogen and oxygen atoms in total. The van der Waals surface area contributed by atoms with Gasteiger partial charge in [-0.3, -0.25) is 0 Å². The smallest absolute Gasteiger partial charge is 0.0465 e. The van der Waals surface area contributed by atoms with Gasteiger partial charge in [0.2, 0.25) is 0 Å². The van der Waals surface area contributed by atoms with E-state index in [1.807, 2.05) is 18.2 Å². The van der Waals surface area contributed by atoms with Gasteiger partial charge in [-0.2, -0.15) is 0 Å². The third-order valence-electron chi connectivity index (χ3n) is 2.50. The number of benzene rings is 1. The van der Waals surface area contributed by atoms with E-state index in [1.165, 1.54) is 6.42 Å². The van der Waals surface area contributed by atoms with Gasteiger partial charge >= 0.3 is 0 Å². The quantitative estimate of drug-likeness (QED) is 0.710. The average molecular weight is 275 g/mol. The number of rotatable bonds is 8. The summed E-state index contributed by atoms with van der Waals surface area (Å²) in [6, 6.07) is 5.60. The van der Waals surface area contributed by atoms with Crippen LogP contribution in [0.4, 0.5) is 0 Å². The molecule has 1 aromatic carbocycles. The maximum absolute atomic E-state index is 6.07. The van der Waals surface area contributed by atoms with Crippen molar-refractivity contribution in [3.05, 3.63) is 33.8 Å². The fourth-order valence-electron chi connectivity index (χ4n) is 1.55. The first-order valence-electron chi connectivity index (χ1n) is 6.10. The van der Waals surface area contributed by atoms with Crippen LogP contribution < -0.4 is 10.6 Å². The van der Waals surface area contributed by atoms with Crippen LogP contribution in [0.25, 0.3) is 0 Å². The normalized spacial score (nSPS) is 10.8. The van der Waals surface area contributed by atoms with Gasteiger partial charge in [0.15, 0.2) is 0 Å². The second-order valence-electron chi connectivity index (χ2n) is 3.98. The lowest BCUT2D eigenvalue weighted by Gasteiger charge is -2.08. The maximum Gasteiger partial charge on any atom is 0.0465 e. The van der Waals surface area contributed by atoms with Gasteiger partial charge in [0.25, 0.3) is 0 Å². The van der Waals surface area contributed by atoms with E-state index in [0.717, 1.165) is 48.2 Å². The van der Waals surface area contributed by atoms with Crippen LogP contribution in [0, 0.1) is 0 Å². The molecule has 0 amide bonds. The molecule has 4 heteroatoms. The predicted octanol–water partition coefficient (Wildman–Crippen LogP) is 3.47. The van der Waals surface area contributed by atoms with Crippen LogP contribution in [0.1, 0.15) is 25.3 Å². The minimum atomic E-state index is 0.728. The van der Waals surface area contributed by atoms with Crippen molar-refractivity contribution in [2.45, 2.75) is 26.3 Å². The molecule has 0 aromatic heterocycles. The van der Waals surface area contributed by atoms with Crippen molar-refractivity contribution >= 4 is 23.2 Å². The van der Waals surface area contributed by atoms with Gasteiger partial charge in [0, 0.05) is 22.2 Å². The van der Waals surface area contributed by atoms with Crippen molar-refractivity contribution in [1.82, 2.24) is 10.6 Å². The second kappa shape index (κ2) is 8.76. The molecule has 0 saturated carbocycles. The highest BCUT2D eigenvalue weighted by Gasteiger charge is 2.03. The molecule has 96 valence electrons. The van der Waals surface area contributed by atoms with Gasteiger partial charge < -0.3 is 10.6 Å². The molecule has 0 aliphatic carbocycles. The van der Waals surface area contributed by atoms with E-state index >= 15 is 0 Å². The minimum absolute atomic E-state index is 0.728. The number of hydrogen-bond acceptors (Lipinski definition) is 2. The standard InChI is InChI=1S/C13H20Cl2N2/c1-2-7-16-8-4-9-17-10-11-12(14)5-3-6-13(11)15/h3,5-6,16-17H,2,4,7-10H2,1H3. The zero-order valence-electron chi connectivity index (χ0n) is 10.2. The average Bonchev–Trinajstić information content (AvgIpc) is 2.31. The van der Waals surface area contributed by atoms with Crippen LogP contribution in [0.3, 0.4) is 0 Å². The molecule has 0 saturated heterocycles. The van der Waals surface area contributed by atoms with E-state index in [1.54, 1.807) is 0 Å². The highest BCUT2D eigenvalue weighted by Crippen LogP contribution is 2.23. The summed E-state index contributed by atoms with van der Waals surface area (Å²) in [7, 11) is 0. The van der Waals surface area contributed by atoms with E-state index < -0.39 is 0 Å². The summed E-state index contributed by atoms with van der Waals surface area (Å²) < 4.78 is 0. The van der Waals surface area contributed by atoms with Gasteiger partial charge in [0.05, 0.1) is 0 Å². The fourth-order valence-corrected chi connectivity index (χ4v) is 2.09.